The Bertz CT molecular complexity index is 461. The molecule has 0 N–H and O–H groups in total. The molecule has 0 nitrogen and oxygen atoms in total. The summed E-state index contributed by atoms with van der Waals surface area (Å²) in [7, 11) is 0. The minimum atomic E-state index is 0. The first-order valence-corrected chi connectivity index (χ1v) is 7.66. The van der Waals surface area contributed by atoms with Crippen LogP contribution in [0.25, 0.3) is 0 Å². The fourth-order valence-electron chi connectivity index (χ4n) is 3.41. The van der Waals surface area contributed by atoms with Gasteiger partial charge in [0.1, 0.15) is 0 Å². The van der Waals surface area contributed by atoms with Crippen molar-refractivity contribution in [1.82, 2.24) is 0 Å². The van der Waals surface area contributed by atoms with Crippen LogP contribution in [0.3, 0.4) is 0 Å². The van der Waals surface area contributed by atoms with Crippen molar-refractivity contribution in [3.8, 4) is 0 Å². The van der Waals surface area contributed by atoms with Crippen molar-refractivity contribution in [1.29, 1.82) is 0 Å². The zero-order valence-corrected chi connectivity index (χ0v) is 14.4. The van der Waals surface area contributed by atoms with Crippen molar-refractivity contribution in [2.45, 2.75) is 40.5 Å². The van der Waals surface area contributed by atoms with Gasteiger partial charge in [-0.3, -0.25) is 0 Å². The molecule has 0 aromatic carbocycles. The molecule has 0 atom stereocenters. The molecule has 0 unspecified atom stereocenters. The molecule has 1 aliphatic heterocycles. The Kier molecular flexibility index (Phi) is 4.83. The Labute approximate surface area is 131 Å². The third-order valence-corrected chi connectivity index (χ3v) is 7.13. The number of halogens is 2. The molecule has 3 aliphatic rings. The van der Waals surface area contributed by atoms with Crippen LogP contribution in [0.4, 0.5) is 0 Å². The maximum Gasteiger partial charge on any atom is -1.00 e. The molecule has 4 bridgehead atoms. The van der Waals surface area contributed by atoms with E-state index in [1.807, 2.05) is 0 Å². The summed E-state index contributed by atoms with van der Waals surface area (Å²) in [6.45, 7) is 9.49. The number of allylic oxidation sites excluding steroid dienone is 8. The Morgan fingerprint density at radius 2 is 1.28 bits per heavy atom. The standard InChI is InChI=1S/C15H18.2ClH.Ti/c1-11-7-5-9-13(11)15(3,4)14-10-6-8-12(14)2;;;/h9-10H,5-6H2,1-4H3;2*1H;/q;;;+2/p-2. The number of fused-ring (bicyclic) bond motifs is 2. The Balaban J connectivity index is 0.000000810. The van der Waals surface area contributed by atoms with Crippen LogP contribution in [0, 0.1) is 5.41 Å². The van der Waals surface area contributed by atoms with Gasteiger partial charge in [0, 0.05) is 0 Å². The van der Waals surface area contributed by atoms with E-state index in [4.69, 9.17) is 0 Å². The second kappa shape index (κ2) is 5.33. The van der Waals surface area contributed by atoms with Crippen molar-refractivity contribution in [2.75, 3.05) is 0 Å². The third kappa shape index (κ3) is 2.12. The molecule has 0 fully saturated rings. The first-order chi connectivity index (χ1) is 7.51. The number of hydrogen-bond acceptors (Lipinski definition) is 0. The molecule has 0 aromatic heterocycles. The first-order valence-electron chi connectivity index (χ1n) is 6.10. The van der Waals surface area contributed by atoms with Crippen LogP contribution in [0.15, 0.2) is 42.2 Å². The molecule has 0 amide bonds. The van der Waals surface area contributed by atoms with Gasteiger partial charge in [-0.1, -0.05) is 0 Å². The van der Waals surface area contributed by atoms with Crippen molar-refractivity contribution in [2.24, 2.45) is 5.41 Å². The van der Waals surface area contributed by atoms with E-state index in [-0.39, 0.29) is 49.4 Å². The first kappa shape index (κ1) is 16.3. The molecular formula is C15H18Cl2Ti. The van der Waals surface area contributed by atoms with Crippen LogP contribution in [0.5, 0.6) is 0 Å². The van der Waals surface area contributed by atoms with Gasteiger partial charge in [0.2, 0.25) is 0 Å². The molecule has 3 heteroatoms. The minimum Gasteiger partial charge on any atom is -1.00 e. The van der Waals surface area contributed by atoms with Crippen LogP contribution in [-0.4, -0.2) is 0 Å². The molecule has 3 rings (SSSR count). The number of rotatable bonds is 0. The summed E-state index contributed by atoms with van der Waals surface area (Å²) in [6, 6.07) is 0. The van der Waals surface area contributed by atoms with Gasteiger partial charge in [-0.15, -0.1) is 0 Å². The van der Waals surface area contributed by atoms with Gasteiger partial charge >= 0.3 is 107 Å². The quantitative estimate of drug-likeness (QED) is 0.469. The van der Waals surface area contributed by atoms with Gasteiger partial charge in [-0.05, 0) is 0 Å². The molecule has 18 heavy (non-hydrogen) atoms. The minimum absolute atomic E-state index is 0. The summed E-state index contributed by atoms with van der Waals surface area (Å²) in [6.07, 6.45) is 7.47. The van der Waals surface area contributed by atoms with E-state index in [0.29, 0.717) is 0 Å². The van der Waals surface area contributed by atoms with Crippen molar-refractivity contribution < 1.29 is 44.0 Å². The summed E-state index contributed by atoms with van der Waals surface area (Å²) in [4.78, 5) is 0. The molecule has 0 aromatic rings. The van der Waals surface area contributed by atoms with Gasteiger partial charge < -0.3 is 24.8 Å². The second-order valence-electron chi connectivity index (χ2n) is 5.60. The number of hydrogen-bond donors (Lipinski definition) is 0. The van der Waals surface area contributed by atoms with Crippen LogP contribution in [0.2, 0.25) is 0 Å². The van der Waals surface area contributed by atoms with Crippen molar-refractivity contribution in [3.63, 3.8) is 0 Å². The van der Waals surface area contributed by atoms with Gasteiger partial charge in [-0.25, -0.2) is 0 Å². The predicted molar refractivity (Wildman–Crippen MR) is 64.6 cm³/mol. The van der Waals surface area contributed by atoms with Crippen LogP contribution in [-0.2, 0) is 19.2 Å². The van der Waals surface area contributed by atoms with Gasteiger partial charge in [0.15, 0.2) is 0 Å². The Hall–Kier alpha value is 0.254. The zero-order chi connectivity index (χ0) is 11.5. The Morgan fingerprint density at radius 3 is 1.67 bits per heavy atom. The average molecular weight is 317 g/mol. The average Bonchev–Trinajstić information content (AvgIpc) is 2.75. The van der Waals surface area contributed by atoms with E-state index in [9.17, 15) is 0 Å². The van der Waals surface area contributed by atoms with Gasteiger partial charge in [0.25, 0.3) is 0 Å². The molecule has 0 saturated carbocycles. The van der Waals surface area contributed by atoms with E-state index in [0.717, 1.165) is 0 Å². The fraction of sp³-hybridized carbons (Fsp3) is 0.467. The topological polar surface area (TPSA) is 0 Å². The van der Waals surface area contributed by atoms with Crippen LogP contribution in [0.1, 0.15) is 40.5 Å². The van der Waals surface area contributed by atoms with Gasteiger partial charge in [-0.2, -0.15) is 0 Å². The molecule has 96 valence electrons. The molecular weight excluding hydrogens is 299 g/mol. The summed E-state index contributed by atoms with van der Waals surface area (Å²) in [5.74, 6) is 0. The van der Waals surface area contributed by atoms with Crippen molar-refractivity contribution >= 4 is 0 Å². The van der Waals surface area contributed by atoms with E-state index < -0.39 is 0 Å². The second-order valence-corrected chi connectivity index (χ2v) is 7.88. The summed E-state index contributed by atoms with van der Waals surface area (Å²) < 4.78 is 3.57. The molecule has 0 radical (unpaired) electrons. The summed E-state index contributed by atoms with van der Waals surface area (Å²) in [5, 5.41) is 0. The largest absolute Gasteiger partial charge is 1.00 e. The van der Waals surface area contributed by atoms with Crippen LogP contribution >= 0.6 is 0 Å². The van der Waals surface area contributed by atoms with Crippen molar-refractivity contribution in [3.05, 3.63) is 42.2 Å². The predicted octanol–water partition coefficient (Wildman–Crippen LogP) is -1.68. The maximum absolute atomic E-state index is 2.49. The molecule has 0 spiro atoms. The van der Waals surface area contributed by atoms with E-state index >= 15 is 0 Å². The SMILES string of the molecule is CC1=[C]2CC=C1C(C)(C)C1=CC[C](=C1C)[Ti+2]2.[Cl-].[Cl-]. The van der Waals surface area contributed by atoms with E-state index in [1.54, 1.807) is 30.0 Å². The molecule has 0 saturated heterocycles. The van der Waals surface area contributed by atoms with E-state index in [1.165, 1.54) is 12.8 Å². The zero-order valence-electron chi connectivity index (χ0n) is 11.3. The molecule has 2 aliphatic carbocycles. The normalized spacial score (nSPS) is 22.9. The molecule has 1 heterocycles. The van der Waals surface area contributed by atoms with E-state index in [2.05, 4.69) is 39.8 Å². The van der Waals surface area contributed by atoms with Crippen LogP contribution < -0.4 is 24.8 Å². The van der Waals surface area contributed by atoms with Gasteiger partial charge in [0.05, 0.1) is 0 Å². The summed E-state index contributed by atoms with van der Waals surface area (Å²) >= 11 is 0.00852. The third-order valence-electron chi connectivity index (χ3n) is 4.38. The smallest absolute Gasteiger partial charge is 1.00 e. The summed E-state index contributed by atoms with van der Waals surface area (Å²) in [5.41, 5.74) is 6.71. The fourth-order valence-corrected chi connectivity index (χ4v) is 5.62. The maximum atomic E-state index is 2.49. The monoisotopic (exact) mass is 316 g/mol. The Morgan fingerprint density at radius 1 is 0.889 bits per heavy atom.